The predicted molar refractivity (Wildman–Crippen MR) is 46.2 cm³/mol. The maximum atomic E-state index is 13.0. The van der Waals surface area contributed by atoms with Crippen molar-refractivity contribution in [2.75, 3.05) is 0 Å². The van der Waals surface area contributed by atoms with E-state index in [9.17, 15) is 13.9 Å². The summed E-state index contributed by atoms with van der Waals surface area (Å²) in [7, 11) is 0. The molecule has 1 nitrogen and oxygen atoms in total. The van der Waals surface area contributed by atoms with Crippen LogP contribution in [-0.2, 0) is 0 Å². The van der Waals surface area contributed by atoms with Gasteiger partial charge in [0.1, 0.15) is 11.6 Å². The van der Waals surface area contributed by atoms with Gasteiger partial charge >= 0.3 is 0 Å². The monoisotopic (exact) mass is 186 g/mol. The van der Waals surface area contributed by atoms with Crippen LogP contribution < -0.4 is 0 Å². The Hall–Kier alpha value is -0.960. The van der Waals surface area contributed by atoms with Crippen LogP contribution in [0.3, 0.4) is 0 Å². The van der Waals surface area contributed by atoms with E-state index >= 15 is 0 Å². The molecule has 0 amide bonds. The van der Waals surface area contributed by atoms with E-state index in [4.69, 9.17) is 0 Å². The largest absolute Gasteiger partial charge is 0.388 e. The van der Waals surface area contributed by atoms with Crippen molar-refractivity contribution >= 4 is 0 Å². The topological polar surface area (TPSA) is 20.2 Å². The highest BCUT2D eigenvalue weighted by molar-refractivity contribution is 5.20. The highest BCUT2D eigenvalue weighted by Gasteiger charge is 2.12. The molecule has 0 spiro atoms. The van der Waals surface area contributed by atoms with Crippen molar-refractivity contribution in [1.29, 1.82) is 0 Å². The second-order valence-corrected chi connectivity index (χ2v) is 2.97. The summed E-state index contributed by atoms with van der Waals surface area (Å²) >= 11 is 0. The van der Waals surface area contributed by atoms with Crippen molar-refractivity contribution in [2.45, 2.75) is 25.9 Å². The summed E-state index contributed by atoms with van der Waals surface area (Å²) in [6, 6.07) is 3.11. The molecule has 0 saturated carbocycles. The highest BCUT2D eigenvalue weighted by Crippen LogP contribution is 2.21. The fraction of sp³-hybridized carbons (Fsp3) is 0.400. The molecule has 0 saturated heterocycles. The molecule has 0 aliphatic rings. The average Bonchev–Trinajstić information content (AvgIpc) is 2.09. The lowest BCUT2D eigenvalue weighted by Crippen LogP contribution is -2.00. The molecule has 72 valence electrons. The minimum atomic E-state index is -0.902. The highest BCUT2D eigenvalue weighted by atomic mass is 19.1. The summed E-state index contributed by atoms with van der Waals surface area (Å²) in [4.78, 5) is 0. The molecule has 0 fully saturated rings. The minimum absolute atomic E-state index is 0.0434. The van der Waals surface area contributed by atoms with Gasteiger partial charge in [-0.05, 0) is 24.6 Å². The summed E-state index contributed by atoms with van der Waals surface area (Å²) in [5.41, 5.74) is 0.0434. The third kappa shape index (κ3) is 2.49. The molecular formula is C10H12F2O. The van der Waals surface area contributed by atoms with E-state index in [2.05, 4.69) is 0 Å². The lowest BCUT2D eigenvalue weighted by Gasteiger charge is -2.10. The Morgan fingerprint density at radius 2 is 2.08 bits per heavy atom. The third-order valence-corrected chi connectivity index (χ3v) is 1.88. The number of aliphatic hydroxyl groups excluding tert-OH is 1. The minimum Gasteiger partial charge on any atom is -0.388 e. The Balaban J connectivity index is 2.91. The van der Waals surface area contributed by atoms with Gasteiger partial charge < -0.3 is 5.11 Å². The van der Waals surface area contributed by atoms with Gasteiger partial charge in [0.05, 0.1) is 6.10 Å². The fourth-order valence-electron chi connectivity index (χ4n) is 1.20. The fourth-order valence-corrected chi connectivity index (χ4v) is 1.20. The first-order valence-corrected chi connectivity index (χ1v) is 4.28. The Morgan fingerprint density at radius 3 is 2.69 bits per heavy atom. The van der Waals surface area contributed by atoms with E-state index in [0.717, 1.165) is 24.6 Å². The summed E-state index contributed by atoms with van der Waals surface area (Å²) in [6.07, 6.45) is 0.276. The molecule has 1 aromatic rings. The zero-order valence-electron chi connectivity index (χ0n) is 7.43. The maximum Gasteiger partial charge on any atom is 0.129 e. The Bertz CT molecular complexity index is 286. The quantitative estimate of drug-likeness (QED) is 0.769. The van der Waals surface area contributed by atoms with Crippen LogP contribution in [0.4, 0.5) is 8.78 Å². The summed E-state index contributed by atoms with van der Waals surface area (Å²) in [5, 5.41) is 9.42. The maximum absolute atomic E-state index is 13.0. The van der Waals surface area contributed by atoms with Crippen molar-refractivity contribution in [2.24, 2.45) is 0 Å². The van der Waals surface area contributed by atoms with Crippen LogP contribution in [0.25, 0.3) is 0 Å². The third-order valence-electron chi connectivity index (χ3n) is 1.88. The number of halogens is 2. The lowest BCUT2D eigenvalue weighted by atomic mass is 10.0. The first kappa shape index (κ1) is 10.1. The number of aliphatic hydroxyl groups is 1. The zero-order valence-corrected chi connectivity index (χ0v) is 7.43. The molecule has 0 heterocycles. The Morgan fingerprint density at radius 1 is 1.38 bits per heavy atom. The van der Waals surface area contributed by atoms with Gasteiger partial charge in [0, 0.05) is 5.56 Å². The van der Waals surface area contributed by atoms with Crippen molar-refractivity contribution < 1.29 is 13.9 Å². The Labute approximate surface area is 76.0 Å². The van der Waals surface area contributed by atoms with Crippen LogP contribution in [0.15, 0.2) is 18.2 Å². The number of hydrogen-bond donors (Lipinski definition) is 1. The molecule has 1 N–H and O–H groups in total. The Kier molecular flexibility index (Phi) is 3.37. The smallest absolute Gasteiger partial charge is 0.129 e. The van der Waals surface area contributed by atoms with Gasteiger partial charge in [-0.25, -0.2) is 8.78 Å². The van der Waals surface area contributed by atoms with E-state index < -0.39 is 17.7 Å². The van der Waals surface area contributed by atoms with Crippen molar-refractivity contribution in [3.05, 3.63) is 35.4 Å². The SMILES string of the molecule is CCC[C@H](O)c1cc(F)ccc1F. The molecule has 1 aromatic carbocycles. The summed E-state index contributed by atoms with van der Waals surface area (Å²) in [6.45, 7) is 1.88. The van der Waals surface area contributed by atoms with E-state index in [1.165, 1.54) is 0 Å². The van der Waals surface area contributed by atoms with E-state index in [1.54, 1.807) is 0 Å². The van der Waals surface area contributed by atoms with Gasteiger partial charge in [-0.3, -0.25) is 0 Å². The zero-order chi connectivity index (χ0) is 9.84. The molecule has 1 rings (SSSR count). The second-order valence-electron chi connectivity index (χ2n) is 2.97. The lowest BCUT2D eigenvalue weighted by molar-refractivity contribution is 0.161. The summed E-state index contributed by atoms with van der Waals surface area (Å²) < 4.78 is 25.7. The molecule has 1 atom stereocenters. The molecule has 0 aliphatic heterocycles. The van der Waals surface area contributed by atoms with E-state index in [0.29, 0.717) is 6.42 Å². The second kappa shape index (κ2) is 4.33. The molecule has 0 radical (unpaired) electrons. The van der Waals surface area contributed by atoms with Gasteiger partial charge in [-0.15, -0.1) is 0 Å². The van der Waals surface area contributed by atoms with Gasteiger partial charge in [0.15, 0.2) is 0 Å². The van der Waals surface area contributed by atoms with Gasteiger partial charge in [0.25, 0.3) is 0 Å². The van der Waals surface area contributed by atoms with E-state index in [-0.39, 0.29) is 5.56 Å². The van der Waals surface area contributed by atoms with Crippen molar-refractivity contribution in [3.8, 4) is 0 Å². The normalized spacial score (nSPS) is 12.9. The molecule has 0 aliphatic carbocycles. The van der Waals surface area contributed by atoms with Crippen LogP contribution in [0.2, 0.25) is 0 Å². The molecule has 0 aromatic heterocycles. The number of rotatable bonds is 3. The molecular weight excluding hydrogens is 174 g/mol. The van der Waals surface area contributed by atoms with Crippen LogP contribution in [-0.4, -0.2) is 5.11 Å². The molecule has 0 unspecified atom stereocenters. The number of benzene rings is 1. The van der Waals surface area contributed by atoms with Gasteiger partial charge in [0.2, 0.25) is 0 Å². The van der Waals surface area contributed by atoms with Crippen LogP contribution >= 0.6 is 0 Å². The molecule has 3 heteroatoms. The van der Waals surface area contributed by atoms with Gasteiger partial charge in [-0.2, -0.15) is 0 Å². The van der Waals surface area contributed by atoms with Crippen molar-refractivity contribution in [3.63, 3.8) is 0 Å². The first-order chi connectivity index (χ1) is 6.15. The molecule has 13 heavy (non-hydrogen) atoms. The van der Waals surface area contributed by atoms with Crippen molar-refractivity contribution in [1.82, 2.24) is 0 Å². The van der Waals surface area contributed by atoms with E-state index in [1.807, 2.05) is 6.92 Å². The van der Waals surface area contributed by atoms with Crippen LogP contribution in [0.1, 0.15) is 31.4 Å². The summed E-state index contributed by atoms with van der Waals surface area (Å²) in [5.74, 6) is -1.08. The molecule has 0 bridgehead atoms. The van der Waals surface area contributed by atoms with Crippen LogP contribution in [0, 0.1) is 11.6 Å². The first-order valence-electron chi connectivity index (χ1n) is 4.28. The van der Waals surface area contributed by atoms with Gasteiger partial charge in [-0.1, -0.05) is 13.3 Å². The number of hydrogen-bond acceptors (Lipinski definition) is 1. The predicted octanol–water partition coefficient (Wildman–Crippen LogP) is 2.80. The van der Waals surface area contributed by atoms with Crippen LogP contribution in [0.5, 0.6) is 0 Å². The standard InChI is InChI=1S/C10H12F2O/c1-2-3-10(13)8-6-7(11)4-5-9(8)12/h4-6,10,13H,2-3H2,1H3/t10-/m0/s1. The average molecular weight is 186 g/mol.